The van der Waals surface area contributed by atoms with E-state index >= 15 is 0 Å². The van der Waals surface area contributed by atoms with Gasteiger partial charge in [0.1, 0.15) is 5.75 Å². The number of fused-ring (bicyclic) bond motifs is 2. The van der Waals surface area contributed by atoms with Crippen molar-refractivity contribution in [2.75, 3.05) is 20.2 Å². The molecule has 34 heavy (non-hydrogen) atoms. The Morgan fingerprint density at radius 3 is 2.68 bits per heavy atom. The van der Waals surface area contributed by atoms with E-state index in [-0.39, 0.29) is 30.4 Å². The number of aliphatic hydroxyl groups is 1. The predicted molar refractivity (Wildman–Crippen MR) is 120 cm³/mol. The van der Waals surface area contributed by atoms with Crippen LogP contribution in [0.4, 0.5) is 0 Å². The lowest BCUT2D eigenvalue weighted by Crippen LogP contribution is -2.47. The molecule has 0 radical (unpaired) electrons. The maximum Gasteiger partial charge on any atom is 0.305 e. The number of rotatable bonds is 10. The van der Waals surface area contributed by atoms with Gasteiger partial charge in [0.2, 0.25) is 0 Å². The van der Waals surface area contributed by atoms with Crippen molar-refractivity contribution in [3.63, 3.8) is 0 Å². The molecule has 1 aromatic rings. The van der Waals surface area contributed by atoms with Gasteiger partial charge in [-0.3, -0.25) is 19.7 Å². The van der Waals surface area contributed by atoms with Crippen LogP contribution in [0, 0.1) is 5.92 Å². The van der Waals surface area contributed by atoms with E-state index in [2.05, 4.69) is 15.1 Å². The molecule has 3 saturated carbocycles. The summed E-state index contributed by atoms with van der Waals surface area (Å²) in [6.45, 7) is 0.667. The maximum absolute atomic E-state index is 12.1. The second kappa shape index (κ2) is 7.89. The summed E-state index contributed by atoms with van der Waals surface area (Å²) < 4.78 is 0. The van der Waals surface area contributed by atoms with Gasteiger partial charge in [-0.05, 0) is 63.1 Å². The highest BCUT2D eigenvalue weighted by Crippen LogP contribution is 2.80. The molecular formula is C24H33N3O7. The lowest BCUT2D eigenvalue weighted by atomic mass is 9.76. The summed E-state index contributed by atoms with van der Waals surface area (Å²) in [6, 6.07) is 2.58. The van der Waals surface area contributed by atoms with Crippen LogP contribution in [0.15, 0.2) is 12.1 Å². The monoisotopic (exact) mass is 475 g/mol. The molecule has 5 rings (SSSR count). The van der Waals surface area contributed by atoms with Crippen LogP contribution in [0.5, 0.6) is 5.75 Å². The van der Waals surface area contributed by atoms with Crippen LogP contribution in [0.3, 0.4) is 0 Å². The fraction of sp³-hybridized carbons (Fsp3) is 0.667. The average Bonchev–Trinajstić information content (AvgIpc) is 3.61. The quantitative estimate of drug-likeness (QED) is 0.210. The van der Waals surface area contributed by atoms with Crippen LogP contribution >= 0.6 is 0 Å². The van der Waals surface area contributed by atoms with Gasteiger partial charge in [0.05, 0.1) is 35.1 Å². The highest BCUT2D eigenvalue weighted by atomic mass is 17.1. The molecule has 2 unspecified atom stereocenters. The summed E-state index contributed by atoms with van der Waals surface area (Å²) >= 11 is 0. The number of amides is 1. The SMILES string of the molecule is CN(CC1CC1)[C@]12Cc3ccc(C(N)=O)c(O)c3C13C[C@H](NC(COO)CC(=O)O)CC[C@]32O. The lowest BCUT2D eigenvalue weighted by molar-refractivity contribution is -0.247. The number of benzene rings is 1. The molecule has 7 N–H and O–H groups in total. The topological polar surface area (TPSA) is 166 Å². The van der Waals surface area contributed by atoms with Gasteiger partial charge in [0, 0.05) is 24.2 Å². The molecular weight excluding hydrogens is 442 g/mol. The van der Waals surface area contributed by atoms with Crippen molar-refractivity contribution in [3.05, 3.63) is 28.8 Å². The number of carbonyl (C=O) groups is 2. The Morgan fingerprint density at radius 1 is 1.32 bits per heavy atom. The van der Waals surface area contributed by atoms with Crippen LogP contribution in [0.25, 0.3) is 0 Å². The molecule has 3 fully saturated rings. The van der Waals surface area contributed by atoms with E-state index in [1.54, 1.807) is 6.07 Å². The Kier molecular flexibility index (Phi) is 5.45. The van der Waals surface area contributed by atoms with Gasteiger partial charge in [-0.2, -0.15) is 0 Å². The van der Waals surface area contributed by atoms with Gasteiger partial charge in [-0.1, -0.05) is 6.07 Å². The fourth-order valence-electron chi connectivity index (χ4n) is 7.45. The predicted octanol–water partition coefficient (Wildman–Crippen LogP) is 0.585. The highest BCUT2D eigenvalue weighted by molar-refractivity contribution is 5.97. The molecule has 0 saturated heterocycles. The summed E-state index contributed by atoms with van der Waals surface area (Å²) in [5.41, 5.74) is 4.53. The van der Waals surface area contributed by atoms with E-state index in [0.717, 1.165) is 24.9 Å². The first-order valence-electron chi connectivity index (χ1n) is 11.9. The molecule has 0 aromatic heterocycles. The fourth-order valence-corrected chi connectivity index (χ4v) is 7.45. The van der Waals surface area contributed by atoms with Crippen molar-refractivity contribution < 1.29 is 35.1 Å². The minimum absolute atomic E-state index is 0.0375. The number of carboxylic acids is 1. The van der Waals surface area contributed by atoms with Gasteiger partial charge >= 0.3 is 5.97 Å². The lowest BCUT2D eigenvalue weighted by Gasteiger charge is -2.35. The van der Waals surface area contributed by atoms with Crippen LogP contribution in [0.1, 0.15) is 60.0 Å². The highest BCUT2D eigenvalue weighted by Gasteiger charge is 2.92. The second-order valence-electron chi connectivity index (χ2n) is 10.7. The number of primary amides is 1. The van der Waals surface area contributed by atoms with Crippen LogP contribution in [-0.4, -0.2) is 80.8 Å². The van der Waals surface area contributed by atoms with Crippen molar-refractivity contribution >= 4 is 11.9 Å². The molecule has 0 heterocycles. The number of nitrogens with zero attached hydrogens (tertiary/aromatic N) is 1. The smallest absolute Gasteiger partial charge is 0.305 e. The number of hydrogen-bond donors (Lipinski definition) is 6. The average molecular weight is 476 g/mol. The minimum Gasteiger partial charge on any atom is -0.507 e. The Labute approximate surface area is 197 Å². The second-order valence-corrected chi connectivity index (χ2v) is 10.7. The van der Waals surface area contributed by atoms with Crippen molar-refractivity contribution in [2.45, 2.75) is 73.6 Å². The van der Waals surface area contributed by atoms with Gasteiger partial charge in [0.15, 0.2) is 0 Å². The molecule has 4 aliphatic carbocycles. The third-order valence-corrected chi connectivity index (χ3v) is 8.89. The van der Waals surface area contributed by atoms with Gasteiger partial charge in [-0.25, -0.2) is 4.89 Å². The van der Waals surface area contributed by atoms with Gasteiger partial charge in [0.25, 0.3) is 5.91 Å². The Hall–Kier alpha value is -2.24. The van der Waals surface area contributed by atoms with Crippen LogP contribution < -0.4 is 11.1 Å². The minimum atomic E-state index is -1.08. The largest absolute Gasteiger partial charge is 0.507 e. The zero-order chi connectivity index (χ0) is 24.5. The van der Waals surface area contributed by atoms with E-state index in [1.807, 2.05) is 13.1 Å². The number of hydrogen-bond acceptors (Lipinski definition) is 8. The molecule has 1 aromatic carbocycles. The number of nitrogens with one attached hydrogen (secondary N) is 1. The molecule has 5 atom stereocenters. The van der Waals surface area contributed by atoms with E-state index in [0.29, 0.717) is 37.2 Å². The molecule has 10 nitrogen and oxygen atoms in total. The van der Waals surface area contributed by atoms with Crippen LogP contribution in [0.2, 0.25) is 0 Å². The molecule has 186 valence electrons. The van der Waals surface area contributed by atoms with E-state index in [9.17, 15) is 24.9 Å². The van der Waals surface area contributed by atoms with Crippen LogP contribution in [-0.2, 0) is 21.5 Å². The van der Waals surface area contributed by atoms with E-state index < -0.39 is 34.5 Å². The van der Waals surface area contributed by atoms with Crippen molar-refractivity contribution in [2.24, 2.45) is 11.7 Å². The number of aromatic hydroxyl groups is 1. The van der Waals surface area contributed by atoms with Crippen molar-refractivity contribution in [3.8, 4) is 5.75 Å². The number of likely N-dealkylation sites (N-methyl/N-ethyl adjacent to an activating group) is 1. The standard InChI is InChI=1S/C24H33N3O7/c1-27(11-13-2-3-13)23-9-14-4-5-17(21(25)31)20(30)19(14)22(23)10-15(6-7-24(22,23)32)26-16(12-34-33)8-18(28)29/h4-5,13,15-16,26,30,32-33H,2-3,6-12H2,1H3,(H2,25,31)(H,28,29)/t15-,16?,22?,23-,24+/m1/s1. The maximum atomic E-state index is 12.1. The first-order chi connectivity index (χ1) is 16.1. The molecule has 1 spiro atoms. The zero-order valence-corrected chi connectivity index (χ0v) is 19.3. The Balaban J connectivity index is 1.55. The summed E-state index contributed by atoms with van der Waals surface area (Å²) in [7, 11) is 2.03. The molecule has 1 amide bonds. The van der Waals surface area contributed by atoms with Crippen molar-refractivity contribution in [1.82, 2.24) is 10.2 Å². The third kappa shape index (κ3) is 3.06. The summed E-state index contributed by atoms with van der Waals surface area (Å²) in [5.74, 6) is -1.31. The third-order valence-electron chi connectivity index (χ3n) is 8.89. The summed E-state index contributed by atoms with van der Waals surface area (Å²) in [5, 5.41) is 44.8. The number of aliphatic carboxylic acids is 1. The first kappa shape index (κ1) is 23.5. The molecule has 10 heteroatoms. The summed E-state index contributed by atoms with van der Waals surface area (Å²) in [6.07, 6.45) is 4.16. The first-order valence-corrected chi connectivity index (χ1v) is 11.9. The molecule has 0 bridgehead atoms. The zero-order valence-electron chi connectivity index (χ0n) is 19.3. The summed E-state index contributed by atoms with van der Waals surface area (Å²) in [4.78, 5) is 29.8. The van der Waals surface area contributed by atoms with E-state index in [1.165, 1.54) is 0 Å². The molecule has 4 aliphatic rings. The van der Waals surface area contributed by atoms with Crippen molar-refractivity contribution in [1.29, 1.82) is 0 Å². The Morgan fingerprint density at radius 2 is 2.06 bits per heavy atom. The molecule has 0 aliphatic heterocycles. The van der Waals surface area contributed by atoms with E-state index in [4.69, 9.17) is 11.0 Å². The number of carbonyl (C=O) groups excluding carboxylic acids is 1. The normalized spacial score (nSPS) is 34.3. The number of carboxylic acid groups (broad SMARTS) is 1. The number of nitrogens with two attached hydrogens (primary N) is 1. The number of phenols is 1. The Bertz CT molecular complexity index is 1030. The van der Waals surface area contributed by atoms with Gasteiger partial charge in [-0.15, -0.1) is 0 Å². The van der Waals surface area contributed by atoms with Gasteiger partial charge < -0.3 is 26.4 Å².